The molecule has 0 spiro atoms. The summed E-state index contributed by atoms with van der Waals surface area (Å²) >= 11 is 0. The van der Waals surface area contributed by atoms with Gasteiger partial charge in [0.05, 0.1) is 11.4 Å². The zero-order chi connectivity index (χ0) is 17.6. The summed E-state index contributed by atoms with van der Waals surface area (Å²) in [4.78, 5) is 4.57. The Bertz CT molecular complexity index is 696. The first-order valence-corrected chi connectivity index (χ1v) is 9.61. The fourth-order valence-corrected chi connectivity index (χ4v) is 4.01. The molecular weight excluding hydrogens is 451 g/mol. The number of nitrogens with one attached hydrogen (secondary N) is 1. The first-order valence-electron chi connectivity index (χ1n) is 8.17. The van der Waals surface area contributed by atoms with Crippen LogP contribution in [0.2, 0.25) is 0 Å². The molecule has 0 unspecified atom stereocenters. The Kier molecular flexibility index (Phi) is 8.87. The van der Waals surface area contributed by atoms with Crippen molar-refractivity contribution in [3.63, 3.8) is 0 Å². The van der Waals surface area contributed by atoms with Crippen LogP contribution >= 0.6 is 24.0 Å². The average Bonchev–Trinajstić information content (AvgIpc) is 2.59. The minimum atomic E-state index is -3.38. The fraction of sp³-hybridized carbons (Fsp3) is 0.471. The van der Waals surface area contributed by atoms with Crippen molar-refractivity contribution in [1.29, 1.82) is 0 Å². The Morgan fingerprint density at radius 3 is 2.40 bits per heavy atom. The lowest BCUT2D eigenvalue weighted by Gasteiger charge is -2.25. The highest BCUT2D eigenvalue weighted by Crippen LogP contribution is 2.20. The van der Waals surface area contributed by atoms with Crippen LogP contribution in [0.3, 0.4) is 0 Å². The fourth-order valence-electron chi connectivity index (χ4n) is 2.49. The molecule has 1 fully saturated rings. The topological polar surface area (TPSA) is 87.8 Å². The van der Waals surface area contributed by atoms with Gasteiger partial charge in [-0.2, -0.15) is 4.31 Å². The number of hydrogen-bond donors (Lipinski definition) is 2. The van der Waals surface area contributed by atoms with Crippen molar-refractivity contribution in [2.75, 3.05) is 19.6 Å². The number of sulfonamides is 1. The lowest BCUT2D eigenvalue weighted by Crippen LogP contribution is -2.35. The van der Waals surface area contributed by atoms with E-state index in [0.717, 1.165) is 30.4 Å². The third-order valence-corrected chi connectivity index (χ3v) is 5.79. The predicted octanol–water partition coefficient (Wildman–Crippen LogP) is 2.46. The molecule has 1 saturated heterocycles. The van der Waals surface area contributed by atoms with Crippen LogP contribution in [0.4, 0.5) is 0 Å². The van der Waals surface area contributed by atoms with Crippen LogP contribution in [0.15, 0.2) is 46.3 Å². The van der Waals surface area contributed by atoms with Gasteiger partial charge >= 0.3 is 0 Å². The minimum Gasteiger partial charge on any atom is -0.370 e. The molecule has 8 heteroatoms. The van der Waals surface area contributed by atoms with Crippen LogP contribution < -0.4 is 11.1 Å². The minimum absolute atomic E-state index is 0. The molecule has 1 heterocycles. The zero-order valence-corrected chi connectivity index (χ0v) is 17.7. The zero-order valence-electron chi connectivity index (χ0n) is 14.6. The number of aliphatic imine (C=N–C) groups is 1. The van der Waals surface area contributed by atoms with Gasteiger partial charge in [-0.3, -0.25) is 0 Å². The summed E-state index contributed by atoms with van der Waals surface area (Å²) in [5.74, 6) is 0.350. The summed E-state index contributed by atoms with van der Waals surface area (Å²) in [5.41, 5.74) is 7.64. The third-order valence-electron chi connectivity index (χ3n) is 3.88. The second-order valence-corrected chi connectivity index (χ2v) is 8.06. The standard InChI is InChI=1S/C17H26N4O2S.HI/c1-14(2)12-19-17(18)20-13-15-6-8-16(9-7-15)24(22,23)21-10-4-3-5-11-21;/h6-9H,1,3-5,10-13H2,2H3,(H3,18,19,20);1H. The van der Waals surface area contributed by atoms with E-state index in [1.165, 1.54) is 0 Å². The Hall–Kier alpha value is -1.13. The normalized spacial score (nSPS) is 16.1. The van der Waals surface area contributed by atoms with E-state index in [2.05, 4.69) is 16.9 Å². The summed E-state index contributed by atoms with van der Waals surface area (Å²) < 4.78 is 26.7. The Morgan fingerprint density at radius 2 is 1.84 bits per heavy atom. The second-order valence-electron chi connectivity index (χ2n) is 6.12. The first-order chi connectivity index (χ1) is 11.4. The molecule has 1 aromatic carbocycles. The van der Waals surface area contributed by atoms with Crippen LogP contribution in [0.1, 0.15) is 31.7 Å². The summed E-state index contributed by atoms with van der Waals surface area (Å²) in [6.45, 7) is 7.90. The van der Waals surface area contributed by atoms with Gasteiger partial charge in [0.25, 0.3) is 0 Å². The van der Waals surface area contributed by atoms with Crippen LogP contribution in [-0.2, 0) is 16.6 Å². The Morgan fingerprint density at radius 1 is 1.24 bits per heavy atom. The number of rotatable bonds is 6. The Labute approximate surface area is 167 Å². The molecule has 0 radical (unpaired) electrons. The van der Waals surface area contributed by atoms with Gasteiger partial charge in [-0.25, -0.2) is 13.4 Å². The van der Waals surface area contributed by atoms with Crippen LogP contribution in [0, 0.1) is 0 Å². The number of hydrogen-bond acceptors (Lipinski definition) is 3. The second kappa shape index (κ2) is 10.1. The number of nitrogens with two attached hydrogens (primary N) is 1. The molecule has 1 aliphatic heterocycles. The SMILES string of the molecule is C=C(C)CNC(N)=NCc1ccc(S(=O)(=O)N2CCCCC2)cc1.I. The molecule has 3 N–H and O–H groups in total. The number of nitrogens with zero attached hydrogens (tertiary/aromatic N) is 2. The quantitative estimate of drug-likeness (QED) is 0.285. The van der Waals surface area contributed by atoms with E-state index in [1.807, 2.05) is 6.92 Å². The van der Waals surface area contributed by atoms with Gasteiger partial charge in [0, 0.05) is 19.6 Å². The molecule has 25 heavy (non-hydrogen) atoms. The van der Waals surface area contributed by atoms with Crippen molar-refractivity contribution >= 4 is 40.0 Å². The largest absolute Gasteiger partial charge is 0.370 e. The van der Waals surface area contributed by atoms with E-state index in [9.17, 15) is 8.42 Å². The van der Waals surface area contributed by atoms with Crippen molar-refractivity contribution in [3.05, 3.63) is 42.0 Å². The van der Waals surface area contributed by atoms with Gasteiger partial charge in [0.2, 0.25) is 10.0 Å². The lowest BCUT2D eigenvalue weighted by molar-refractivity contribution is 0.346. The molecule has 0 saturated carbocycles. The lowest BCUT2D eigenvalue weighted by atomic mass is 10.2. The molecule has 0 bridgehead atoms. The maximum atomic E-state index is 12.6. The average molecular weight is 478 g/mol. The molecule has 2 rings (SSSR count). The van der Waals surface area contributed by atoms with Gasteiger partial charge in [-0.1, -0.05) is 30.7 Å². The Balaban J connectivity index is 0.00000312. The van der Waals surface area contributed by atoms with E-state index in [-0.39, 0.29) is 24.0 Å². The summed E-state index contributed by atoms with van der Waals surface area (Å²) in [7, 11) is -3.38. The van der Waals surface area contributed by atoms with Gasteiger partial charge in [0.1, 0.15) is 0 Å². The number of piperidine rings is 1. The molecule has 0 aliphatic carbocycles. The van der Waals surface area contributed by atoms with Crippen molar-refractivity contribution < 1.29 is 8.42 Å². The molecule has 6 nitrogen and oxygen atoms in total. The number of halogens is 1. The summed E-state index contributed by atoms with van der Waals surface area (Å²) in [5, 5.41) is 2.96. The molecule has 140 valence electrons. The van der Waals surface area contributed by atoms with E-state index in [4.69, 9.17) is 5.73 Å². The molecular formula is C17H27IN4O2S. The first kappa shape index (κ1) is 21.9. The van der Waals surface area contributed by atoms with Crippen LogP contribution in [0.5, 0.6) is 0 Å². The maximum absolute atomic E-state index is 12.6. The highest BCUT2D eigenvalue weighted by atomic mass is 127. The molecule has 0 amide bonds. The van der Waals surface area contributed by atoms with Crippen molar-refractivity contribution in [1.82, 2.24) is 9.62 Å². The van der Waals surface area contributed by atoms with Gasteiger partial charge < -0.3 is 11.1 Å². The van der Waals surface area contributed by atoms with E-state index >= 15 is 0 Å². The summed E-state index contributed by atoms with van der Waals surface area (Å²) in [6.07, 6.45) is 2.97. The van der Waals surface area contributed by atoms with Crippen molar-refractivity contribution in [2.24, 2.45) is 10.7 Å². The van der Waals surface area contributed by atoms with Crippen LogP contribution in [-0.4, -0.2) is 38.3 Å². The highest BCUT2D eigenvalue weighted by molar-refractivity contribution is 14.0. The smallest absolute Gasteiger partial charge is 0.243 e. The van der Waals surface area contributed by atoms with Crippen LogP contribution in [0.25, 0.3) is 0 Å². The predicted molar refractivity (Wildman–Crippen MR) is 113 cm³/mol. The van der Waals surface area contributed by atoms with E-state index in [0.29, 0.717) is 37.0 Å². The molecule has 1 aromatic rings. The van der Waals surface area contributed by atoms with E-state index in [1.54, 1.807) is 28.6 Å². The number of guanidine groups is 1. The summed E-state index contributed by atoms with van der Waals surface area (Å²) in [6, 6.07) is 6.86. The van der Waals surface area contributed by atoms with Gasteiger partial charge in [0.15, 0.2) is 5.96 Å². The molecule has 0 atom stereocenters. The monoisotopic (exact) mass is 478 g/mol. The highest BCUT2D eigenvalue weighted by Gasteiger charge is 2.25. The number of benzene rings is 1. The third kappa shape index (κ3) is 6.59. The van der Waals surface area contributed by atoms with Crippen molar-refractivity contribution in [3.8, 4) is 0 Å². The van der Waals surface area contributed by atoms with E-state index < -0.39 is 10.0 Å². The molecule has 0 aromatic heterocycles. The van der Waals surface area contributed by atoms with Gasteiger partial charge in [-0.05, 0) is 37.5 Å². The van der Waals surface area contributed by atoms with Crippen molar-refractivity contribution in [2.45, 2.75) is 37.6 Å². The molecule has 1 aliphatic rings. The maximum Gasteiger partial charge on any atom is 0.243 e. The van der Waals surface area contributed by atoms with Gasteiger partial charge in [-0.15, -0.1) is 24.0 Å².